The van der Waals surface area contributed by atoms with Gasteiger partial charge in [-0.3, -0.25) is 9.69 Å². The third-order valence-corrected chi connectivity index (χ3v) is 8.06. The van der Waals surface area contributed by atoms with Crippen LogP contribution in [0.4, 0.5) is 0 Å². The van der Waals surface area contributed by atoms with Crippen LogP contribution in [0.1, 0.15) is 50.7 Å². The van der Waals surface area contributed by atoms with E-state index in [4.69, 9.17) is 4.74 Å². The summed E-state index contributed by atoms with van der Waals surface area (Å²) in [5, 5.41) is 30.6. The third kappa shape index (κ3) is 7.46. The second-order valence-electron chi connectivity index (χ2n) is 11.5. The molecule has 0 unspecified atom stereocenters. The van der Waals surface area contributed by atoms with E-state index in [1.807, 2.05) is 55.1 Å². The molecule has 2 aromatic rings. The smallest absolute Gasteiger partial charge is 0.223 e. The van der Waals surface area contributed by atoms with Crippen LogP contribution in [0.5, 0.6) is 11.5 Å². The van der Waals surface area contributed by atoms with E-state index < -0.39 is 11.5 Å². The van der Waals surface area contributed by atoms with Gasteiger partial charge < -0.3 is 25.0 Å². The molecule has 2 saturated heterocycles. The van der Waals surface area contributed by atoms with Gasteiger partial charge in [0.1, 0.15) is 0 Å². The number of likely N-dealkylation sites (tertiary alicyclic amines) is 1. The molecule has 0 bridgehead atoms. The molecule has 2 aliphatic heterocycles. The first-order valence-electron chi connectivity index (χ1n) is 13.5. The Balaban J connectivity index is 1.49. The molecular formula is C30H42N2O5. The highest BCUT2D eigenvalue weighted by molar-refractivity contribution is 5.76. The number of phenolic OH excluding ortho intramolecular Hbond substituents is 2. The lowest BCUT2D eigenvalue weighted by molar-refractivity contribution is -0.137. The van der Waals surface area contributed by atoms with Crippen LogP contribution in [0.2, 0.25) is 0 Å². The lowest BCUT2D eigenvalue weighted by atomic mass is 9.80. The fourth-order valence-electron chi connectivity index (χ4n) is 5.57. The molecule has 0 saturated carbocycles. The maximum atomic E-state index is 13.7. The number of amides is 1. The van der Waals surface area contributed by atoms with E-state index in [9.17, 15) is 20.1 Å². The number of hydrogen-bond donors (Lipinski definition) is 3. The molecule has 7 heteroatoms. The summed E-state index contributed by atoms with van der Waals surface area (Å²) in [5.74, 6) is 0.543. The third-order valence-electron chi connectivity index (χ3n) is 8.06. The van der Waals surface area contributed by atoms with Gasteiger partial charge in [0.2, 0.25) is 5.91 Å². The zero-order valence-corrected chi connectivity index (χ0v) is 22.2. The highest BCUT2D eigenvalue weighted by Gasteiger charge is 2.35. The molecule has 2 fully saturated rings. The minimum atomic E-state index is -0.680. The Morgan fingerprint density at radius 2 is 1.73 bits per heavy atom. The van der Waals surface area contributed by atoms with Gasteiger partial charge in [0.15, 0.2) is 11.5 Å². The van der Waals surface area contributed by atoms with Crippen molar-refractivity contribution in [1.29, 1.82) is 0 Å². The average molecular weight is 511 g/mol. The molecule has 0 aliphatic carbocycles. The Kier molecular flexibility index (Phi) is 9.11. The van der Waals surface area contributed by atoms with Crippen LogP contribution < -0.4 is 0 Å². The van der Waals surface area contributed by atoms with Crippen molar-refractivity contribution >= 4 is 5.91 Å². The second kappa shape index (κ2) is 12.3. The number of carbonyl (C=O) groups excluding carboxylic acids is 1. The lowest BCUT2D eigenvalue weighted by Gasteiger charge is -2.39. The van der Waals surface area contributed by atoms with Crippen molar-refractivity contribution in [2.75, 3.05) is 32.8 Å². The van der Waals surface area contributed by atoms with Gasteiger partial charge in [-0.15, -0.1) is 0 Å². The van der Waals surface area contributed by atoms with Crippen molar-refractivity contribution in [3.8, 4) is 11.5 Å². The predicted octanol–water partition coefficient (Wildman–Crippen LogP) is 4.15. The summed E-state index contributed by atoms with van der Waals surface area (Å²) in [6.45, 7) is 8.33. The fourth-order valence-corrected chi connectivity index (χ4v) is 5.57. The van der Waals surface area contributed by atoms with Gasteiger partial charge >= 0.3 is 0 Å². The Morgan fingerprint density at radius 1 is 0.946 bits per heavy atom. The number of aliphatic hydroxyl groups excluding tert-OH is 1. The van der Waals surface area contributed by atoms with Crippen molar-refractivity contribution in [3.63, 3.8) is 0 Å². The minimum Gasteiger partial charge on any atom is -0.504 e. The van der Waals surface area contributed by atoms with Gasteiger partial charge in [-0.2, -0.15) is 0 Å². The summed E-state index contributed by atoms with van der Waals surface area (Å²) >= 11 is 0. The topological polar surface area (TPSA) is 93.5 Å². The molecule has 2 aliphatic rings. The number of benzene rings is 2. The van der Waals surface area contributed by atoms with E-state index in [1.165, 1.54) is 6.07 Å². The first kappa shape index (κ1) is 27.4. The minimum absolute atomic E-state index is 0.0965. The molecule has 3 N–H and O–H groups in total. The van der Waals surface area contributed by atoms with Crippen LogP contribution in [0, 0.1) is 17.3 Å². The van der Waals surface area contributed by atoms with Gasteiger partial charge in [-0.25, -0.2) is 0 Å². The van der Waals surface area contributed by atoms with Crippen molar-refractivity contribution in [2.45, 2.75) is 58.7 Å². The van der Waals surface area contributed by atoms with Crippen LogP contribution in [0.15, 0.2) is 48.5 Å². The van der Waals surface area contributed by atoms with Crippen LogP contribution >= 0.6 is 0 Å². The van der Waals surface area contributed by atoms with Crippen molar-refractivity contribution in [3.05, 3.63) is 59.7 Å². The normalized spacial score (nSPS) is 26.0. The monoisotopic (exact) mass is 510 g/mol. The Morgan fingerprint density at radius 3 is 2.49 bits per heavy atom. The van der Waals surface area contributed by atoms with Crippen LogP contribution in [-0.4, -0.2) is 70.0 Å². The quantitative estimate of drug-likeness (QED) is 0.535. The number of piperidine rings is 1. The van der Waals surface area contributed by atoms with E-state index in [2.05, 4.69) is 4.90 Å². The zero-order valence-electron chi connectivity index (χ0n) is 22.2. The maximum absolute atomic E-state index is 13.7. The van der Waals surface area contributed by atoms with Gasteiger partial charge in [0.05, 0.1) is 12.7 Å². The zero-order chi connectivity index (χ0) is 26.4. The standard InChI is InChI=1S/C30H42N2O5/c1-30(2)21-37-14-6-9-25-19-31(17-23-10-11-26(33)27(34)15-23)13-12-24(25)16-29(36)32(20-28(30)35)18-22-7-4-3-5-8-22/h3-5,7-8,10-11,15,24-25,28,33-35H,6,9,12-14,16-21H2,1-2H3/t24-,25-,28-/m0/s1. The Bertz CT molecular complexity index is 1030. The van der Waals surface area contributed by atoms with Crippen LogP contribution in [-0.2, 0) is 22.6 Å². The molecule has 1 amide bonds. The number of aromatic hydroxyl groups is 2. The summed E-state index contributed by atoms with van der Waals surface area (Å²) in [6, 6.07) is 15.0. The summed E-state index contributed by atoms with van der Waals surface area (Å²) in [6.07, 6.45) is 2.63. The lowest BCUT2D eigenvalue weighted by Crippen LogP contribution is -2.46. The molecule has 7 nitrogen and oxygen atoms in total. The predicted molar refractivity (Wildman–Crippen MR) is 143 cm³/mol. The number of carbonyl (C=O) groups is 1. The summed E-state index contributed by atoms with van der Waals surface area (Å²) < 4.78 is 6.01. The van der Waals surface area contributed by atoms with E-state index in [-0.39, 0.29) is 29.9 Å². The SMILES string of the molecule is CC1(C)COCCC[C@H]2CN(Cc3ccc(O)c(O)c3)CC[C@H]2CC(=O)N(Cc2ccccc2)C[C@@H]1O. The van der Waals surface area contributed by atoms with Gasteiger partial charge in [0, 0.05) is 44.6 Å². The highest BCUT2D eigenvalue weighted by atomic mass is 16.5. The number of fused-ring (bicyclic) bond motifs is 1. The average Bonchev–Trinajstić information content (AvgIpc) is 2.87. The Hall–Kier alpha value is -2.61. The summed E-state index contributed by atoms with van der Waals surface area (Å²) in [4.78, 5) is 17.9. The van der Waals surface area contributed by atoms with Gasteiger partial charge in [0.25, 0.3) is 0 Å². The highest BCUT2D eigenvalue weighted by Crippen LogP contribution is 2.33. The molecule has 0 radical (unpaired) electrons. The van der Waals surface area contributed by atoms with Crippen molar-refractivity contribution in [1.82, 2.24) is 9.80 Å². The second-order valence-corrected chi connectivity index (χ2v) is 11.5. The molecule has 3 atom stereocenters. The van der Waals surface area contributed by atoms with E-state index >= 15 is 0 Å². The summed E-state index contributed by atoms with van der Waals surface area (Å²) in [5.41, 5.74) is 1.57. The summed E-state index contributed by atoms with van der Waals surface area (Å²) in [7, 11) is 0. The number of hydrogen-bond acceptors (Lipinski definition) is 6. The number of aliphatic hydroxyl groups is 1. The number of β-amino-alcohol motifs (C(OH)–C–C–N with tert-alkyl or cyclic N) is 1. The number of ether oxygens (including phenoxy) is 1. The first-order valence-corrected chi connectivity index (χ1v) is 13.5. The molecular weight excluding hydrogens is 468 g/mol. The van der Waals surface area contributed by atoms with Crippen molar-refractivity contribution < 1.29 is 24.9 Å². The molecule has 37 heavy (non-hydrogen) atoms. The number of rotatable bonds is 4. The molecule has 4 rings (SSSR count). The fraction of sp³-hybridized carbons (Fsp3) is 0.567. The maximum Gasteiger partial charge on any atom is 0.223 e. The molecule has 0 spiro atoms. The molecule has 2 aromatic carbocycles. The molecule has 202 valence electrons. The number of nitrogens with zero attached hydrogens (tertiary/aromatic N) is 2. The van der Waals surface area contributed by atoms with E-state index in [0.717, 1.165) is 43.5 Å². The van der Waals surface area contributed by atoms with E-state index in [0.29, 0.717) is 38.6 Å². The van der Waals surface area contributed by atoms with Crippen LogP contribution in [0.3, 0.4) is 0 Å². The van der Waals surface area contributed by atoms with Crippen molar-refractivity contribution in [2.24, 2.45) is 17.3 Å². The first-order chi connectivity index (χ1) is 17.7. The molecule has 0 aromatic heterocycles. The largest absolute Gasteiger partial charge is 0.504 e. The van der Waals surface area contributed by atoms with Gasteiger partial charge in [-0.1, -0.05) is 50.2 Å². The Labute approximate surface area is 220 Å². The molecule has 2 heterocycles. The number of phenols is 2. The van der Waals surface area contributed by atoms with Gasteiger partial charge in [-0.05, 0) is 60.9 Å². The van der Waals surface area contributed by atoms with Crippen LogP contribution in [0.25, 0.3) is 0 Å². The van der Waals surface area contributed by atoms with E-state index in [1.54, 1.807) is 6.07 Å².